The molecule has 7 heteroatoms. The minimum Gasteiger partial charge on any atom is -0.388 e. The zero-order chi connectivity index (χ0) is 12.7. The molecule has 96 valence electrons. The standard InChI is InChI=1S/C10H16F2N4O/c1-16-6-14-8(15-16)7(13)10(17)2-9(3-10,4-11)5-12/h6-7,17H,2-5,13H2,1H3. The minimum absolute atomic E-state index is 0.00637. The summed E-state index contributed by atoms with van der Waals surface area (Å²) in [6.07, 6.45) is 1.48. The Kier molecular flexibility index (Phi) is 2.90. The van der Waals surface area contributed by atoms with Gasteiger partial charge in [-0.2, -0.15) is 5.10 Å². The Hall–Kier alpha value is -1.08. The van der Waals surface area contributed by atoms with E-state index in [9.17, 15) is 13.9 Å². The summed E-state index contributed by atoms with van der Waals surface area (Å²) in [4.78, 5) is 3.94. The maximum atomic E-state index is 12.7. The van der Waals surface area contributed by atoms with Crippen molar-refractivity contribution in [3.05, 3.63) is 12.2 Å². The van der Waals surface area contributed by atoms with Crippen LogP contribution in [0.5, 0.6) is 0 Å². The molecule has 2 rings (SSSR count). The van der Waals surface area contributed by atoms with Gasteiger partial charge in [0.1, 0.15) is 6.33 Å². The number of aliphatic hydroxyl groups is 1. The van der Waals surface area contributed by atoms with Gasteiger partial charge in [-0.1, -0.05) is 0 Å². The average Bonchev–Trinajstić information content (AvgIpc) is 2.70. The second kappa shape index (κ2) is 3.99. The van der Waals surface area contributed by atoms with Crippen LogP contribution in [0.4, 0.5) is 8.78 Å². The number of hydrogen-bond acceptors (Lipinski definition) is 4. The number of nitrogens with two attached hydrogens (primary N) is 1. The Morgan fingerprint density at radius 1 is 1.53 bits per heavy atom. The highest BCUT2D eigenvalue weighted by atomic mass is 19.1. The lowest BCUT2D eigenvalue weighted by molar-refractivity contribution is -0.159. The van der Waals surface area contributed by atoms with Crippen molar-refractivity contribution in [1.29, 1.82) is 0 Å². The van der Waals surface area contributed by atoms with Crippen molar-refractivity contribution in [2.75, 3.05) is 13.3 Å². The van der Waals surface area contributed by atoms with Gasteiger partial charge in [-0.3, -0.25) is 13.5 Å². The van der Waals surface area contributed by atoms with Crippen molar-refractivity contribution in [2.45, 2.75) is 24.5 Å². The van der Waals surface area contributed by atoms with E-state index in [4.69, 9.17) is 5.73 Å². The molecule has 1 fully saturated rings. The van der Waals surface area contributed by atoms with Crippen LogP contribution in [-0.2, 0) is 7.05 Å². The molecule has 1 aliphatic rings. The summed E-state index contributed by atoms with van der Waals surface area (Å²) >= 11 is 0. The molecule has 5 nitrogen and oxygen atoms in total. The molecular formula is C10H16F2N4O. The first-order valence-electron chi connectivity index (χ1n) is 5.40. The van der Waals surface area contributed by atoms with Crippen molar-refractivity contribution in [2.24, 2.45) is 18.2 Å². The van der Waals surface area contributed by atoms with E-state index in [0.29, 0.717) is 5.82 Å². The lowest BCUT2D eigenvalue weighted by Gasteiger charge is -2.52. The van der Waals surface area contributed by atoms with Crippen LogP contribution in [0.1, 0.15) is 24.7 Å². The number of aryl methyl sites for hydroxylation is 1. The molecule has 0 amide bonds. The van der Waals surface area contributed by atoms with E-state index in [0.717, 1.165) is 0 Å². The SMILES string of the molecule is Cn1cnc(C(N)C2(O)CC(CF)(CF)C2)n1. The van der Waals surface area contributed by atoms with E-state index in [1.54, 1.807) is 7.05 Å². The quantitative estimate of drug-likeness (QED) is 0.799. The van der Waals surface area contributed by atoms with Gasteiger partial charge < -0.3 is 10.8 Å². The molecule has 0 aliphatic heterocycles. The second-order valence-corrected chi connectivity index (χ2v) is 4.98. The van der Waals surface area contributed by atoms with Gasteiger partial charge in [0.2, 0.25) is 0 Å². The largest absolute Gasteiger partial charge is 0.388 e. The summed E-state index contributed by atoms with van der Waals surface area (Å²) in [5.41, 5.74) is 3.47. The lowest BCUT2D eigenvalue weighted by Crippen LogP contribution is -2.59. The van der Waals surface area contributed by atoms with Crippen molar-refractivity contribution < 1.29 is 13.9 Å². The van der Waals surface area contributed by atoms with Crippen molar-refractivity contribution >= 4 is 0 Å². The van der Waals surface area contributed by atoms with E-state index in [1.807, 2.05) is 0 Å². The highest BCUT2D eigenvalue weighted by molar-refractivity contribution is 5.13. The molecule has 17 heavy (non-hydrogen) atoms. The normalized spacial score (nSPS) is 23.1. The molecule has 0 saturated heterocycles. The zero-order valence-corrected chi connectivity index (χ0v) is 9.61. The highest BCUT2D eigenvalue weighted by Crippen LogP contribution is 2.53. The van der Waals surface area contributed by atoms with Gasteiger partial charge >= 0.3 is 0 Å². The molecule has 0 radical (unpaired) electrons. The summed E-state index contributed by atoms with van der Waals surface area (Å²) in [5, 5.41) is 14.2. The summed E-state index contributed by atoms with van der Waals surface area (Å²) in [6, 6.07) is -0.810. The van der Waals surface area contributed by atoms with Gasteiger partial charge in [0.05, 0.1) is 25.0 Å². The third-order valence-corrected chi connectivity index (χ3v) is 3.40. The molecule has 1 atom stereocenters. The van der Waals surface area contributed by atoms with Gasteiger partial charge in [0.25, 0.3) is 0 Å². The van der Waals surface area contributed by atoms with E-state index in [-0.39, 0.29) is 12.8 Å². The Morgan fingerprint density at radius 2 is 2.12 bits per heavy atom. The Morgan fingerprint density at radius 3 is 2.53 bits per heavy atom. The van der Waals surface area contributed by atoms with E-state index in [2.05, 4.69) is 10.1 Å². The van der Waals surface area contributed by atoms with Gasteiger partial charge in [-0.05, 0) is 12.8 Å². The average molecular weight is 246 g/mol. The first-order valence-corrected chi connectivity index (χ1v) is 5.40. The maximum Gasteiger partial charge on any atom is 0.170 e. The smallest absolute Gasteiger partial charge is 0.170 e. The van der Waals surface area contributed by atoms with Gasteiger partial charge in [-0.25, -0.2) is 4.98 Å². The first-order chi connectivity index (χ1) is 7.95. The topological polar surface area (TPSA) is 77.0 Å². The van der Waals surface area contributed by atoms with Crippen LogP contribution < -0.4 is 5.73 Å². The highest BCUT2D eigenvalue weighted by Gasteiger charge is 2.58. The van der Waals surface area contributed by atoms with E-state index in [1.165, 1.54) is 11.0 Å². The predicted molar refractivity (Wildman–Crippen MR) is 56.5 cm³/mol. The third-order valence-electron chi connectivity index (χ3n) is 3.40. The molecule has 1 saturated carbocycles. The van der Waals surface area contributed by atoms with Gasteiger partial charge in [0.15, 0.2) is 5.82 Å². The van der Waals surface area contributed by atoms with Crippen LogP contribution in [0.25, 0.3) is 0 Å². The lowest BCUT2D eigenvalue weighted by atomic mass is 9.58. The summed E-state index contributed by atoms with van der Waals surface area (Å²) in [6.45, 7) is -1.57. The molecule has 1 aromatic heterocycles. The minimum atomic E-state index is -1.31. The summed E-state index contributed by atoms with van der Waals surface area (Å²) in [5.74, 6) is 0.293. The monoisotopic (exact) mass is 246 g/mol. The van der Waals surface area contributed by atoms with Crippen LogP contribution >= 0.6 is 0 Å². The Labute approximate surface area is 97.6 Å². The fourth-order valence-corrected chi connectivity index (χ4v) is 2.43. The maximum absolute atomic E-state index is 12.7. The molecule has 1 unspecified atom stereocenters. The molecule has 3 N–H and O–H groups in total. The van der Waals surface area contributed by atoms with Crippen LogP contribution in [0, 0.1) is 5.41 Å². The molecule has 1 heterocycles. The van der Waals surface area contributed by atoms with Crippen LogP contribution in [-0.4, -0.2) is 38.8 Å². The molecule has 1 aromatic rings. The fraction of sp³-hybridized carbons (Fsp3) is 0.800. The third kappa shape index (κ3) is 1.93. The molecule has 0 aromatic carbocycles. The fourth-order valence-electron chi connectivity index (χ4n) is 2.43. The zero-order valence-electron chi connectivity index (χ0n) is 9.61. The number of rotatable bonds is 4. The number of halogens is 2. The number of alkyl halides is 2. The Balaban J connectivity index is 2.09. The van der Waals surface area contributed by atoms with Crippen LogP contribution in [0.3, 0.4) is 0 Å². The first kappa shape index (κ1) is 12.4. The summed E-state index contributed by atoms with van der Waals surface area (Å²) < 4.78 is 26.8. The molecule has 0 spiro atoms. The van der Waals surface area contributed by atoms with E-state index < -0.39 is 30.4 Å². The molecule has 1 aliphatic carbocycles. The van der Waals surface area contributed by atoms with Gasteiger partial charge in [0, 0.05) is 12.5 Å². The van der Waals surface area contributed by atoms with Crippen LogP contribution in [0.2, 0.25) is 0 Å². The van der Waals surface area contributed by atoms with Crippen molar-refractivity contribution in [3.8, 4) is 0 Å². The predicted octanol–water partition coefficient (Wildman–Crippen LogP) is 0.265. The van der Waals surface area contributed by atoms with E-state index >= 15 is 0 Å². The van der Waals surface area contributed by atoms with Crippen LogP contribution in [0.15, 0.2) is 6.33 Å². The number of hydrogen-bond donors (Lipinski definition) is 2. The number of aromatic nitrogens is 3. The summed E-state index contributed by atoms with van der Waals surface area (Å²) in [7, 11) is 1.68. The number of nitrogens with zero attached hydrogens (tertiary/aromatic N) is 3. The molecular weight excluding hydrogens is 230 g/mol. The van der Waals surface area contributed by atoms with Crippen molar-refractivity contribution in [3.63, 3.8) is 0 Å². The Bertz CT molecular complexity index is 397. The van der Waals surface area contributed by atoms with Crippen molar-refractivity contribution in [1.82, 2.24) is 14.8 Å². The van der Waals surface area contributed by atoms with Gasteiger partial charge in [-0.15, -0.1) is 0 Å². The second-order valence-electron chi connectivity index (χ2n) is 4.98. The molecule has 0 bridgehead atoms.